The number of sulfonamides is 1. The van der Waals surface area contributed by atoms with Gasteiger partial charge >= 0.3 is 0 Å². The summed E-state index contributed by atoms with van der Waals surface area (Å²) in [6, 6.07) is 7.74. The van der Waals surface area contributed by atoms with Crippen molar-refractivity contribution in [1.29, 1.82) is 0 Å². The highest BCUT2D eigenvalue weighted by atomic mass is 32.2. The fraction of sp³-hybridized carbons (Fsp3) is 0.0833. The molecule has 0 spiro atoms. The zero-order valence-corrected chi connectivity index (χ0v) is 10.9. The van der Waals surface area contributed by atoms with Crippen LogP contribution in [0, 0.1) is 0 Å². The Kier molecular flexibility index (Phi) is 3.68. The van der Waals surface area contributed by atoms with Gasteiger partial charge in [-0.25, -0.2) is 13.1 Å². The number of hydrogen-bond donors (Lipinski definition) is 3. The van der Waals surface area contributed by atoms with Crippen molar-refractivity contribution in [3.8, 4) is 0 Å². The molecule has 2 rings (SSSR count). The van der Waals surface area contributed by atoms with Gasteiger partial charge in [0, 0.05) is 18.9 Å². The number of nitrogens with one attached hydrogen (secondary N) is 1. The van der Waals surface area contributed by atoms with Crippen LogP contribution in [-0.2, 0) is 16.6 Å². The molecule has 1 aromatic heterocycles. The van der Waals surface area contributed by atoms with Crippen molar-refractivity contribution in [2.24, 2.45) is 0 Å². The van der Waals surface area contributed by atoms with Gasteiger partial charge in [0.2, 0.25) is 10.0 Å². The molecule has 0 atom stereocenters. The topological polar surface area (TPSA) is 111 Å². The summed E-state index contributed by atoms with van der Waals surface area (Å²) in [5, 5.41) is 0. The minimum Gasteiger partial charge on any atom is -0.397 e. The maximum Gasteiger partial charge on any atom is 0.240 e. The van der Waals surface area contributed by atoms with E-state index in [1.54, 1.807) is 24.5 Å². The molecule has 0 aliphatic heterocycles. The Morgan fingerprint density at radius 3 is 2.58 bits per heavy atom. The van der Waals surface area contributed by atoms with Gasteiger partial charge in [0.15, 0.2) is 0 Å². The number of nitrogens with zero attached hydrogens (tertiary/aromatic N) is 1. The Labute approximate surface area is 111 Å². The van der Waals surface area contributed by atoms with E-state index < -0.39 is 10.0 Å². The summed E-state index contributed by atoms with van der Waals surface area (Å²) in [7, 11) is -3.61. The quantitative estimate of drug-likeness (QED) is 0.714. The summed E-state index contributed by atoms with van der Waals surface area (Å²) in [5.41, 5.74) is 12.5. The first-order chi connectivity index (χ1) is 8.99. The molecule has 6 nitrogen and oxygen atoms in total. The van der Waals surface area contributed by atoms with Crippen molar-refractivity contribution < 1.29 is 8.42 Å². The monoisotopic (exact) mass is 278 g/mol. The van der Waals surface area contributed by atoms with Gasteiger partial charge in [-0.05, 0) is 29.8 Å². The van der Waals surface area contributed by atoms with Crippen molar-refractivity contribution >= 4 is 21.4 Å². The molecule has 0 radical (unpaired) electrons. The van der Waals surface area contributed by atoms with Gasteiger partial charge in [0.1, 0.15) is 0 Å². The van der Waals surface area contributed by atoms with E-state index in [0.717, 1.165) is 5.56 Å². The molecule has 100 valence electrons. The highest BCUT2D eigenvalue weighted by Gasteiger charge is 2.14. The number of anilines is 2. The number of pyridine rings is 1. The summed E-state index contributed by atoms with van der Waals surface area (Å²) in [6.45, 7) is 0.167. The first kappa shape index (κ1) is 13.3. The predicted octanol–water partition coefficient (Wildman–Crippen LogP) is 0.724. The second-order valence-corrected chi connectivity index (χ2v) is 5.74. The second-order valence-electron chi connectivity index (χ2n) is 3.98. The molecule has 0 amide bonds. The molecule has 0 fully saturated rings. The minimum atomic E-state index is -3.61. The molecule has 1 heterocycles. The molecule has 5 N–H and O–H groups in total. The lowest BCUT2D eigenvalue weighted by molar-refractivity contribution is 0.581. The van der Waals surface area contributed by atoms with E-state index in [1.165, 1.54) is 18.2 Å². The Bertz CT molecular complexity index is 671. The SMILES string of the molecule is Nc1ccc(S(=O)(=O)NCc2cccnc2)cc1N. The van der Waals surface area contributed by atoms with Crippen molar-refractivity contribution in [1.82, 2.24) is 9.71 Å². The Morgan fingerprint density at radius 2 is 1.95 bits per heavy atom. The smallest absolute Gasteiger partial charge is 0.240 e. The molecule has 7 heteroatoms. The fourth-order valence-electron chi connectivity index (χ4n) is 1.48. The van der Waals surface area contributed by atoms with E-state index in [9.17, 15) is 8.42 Å². The van der Waals surface area contributed by atoms with Crippen molar-refractivity contribution in [2.45, 2.75) is 11.4 Å². The number of benzene rings is 1. The lowest BCUT2D eigenvalue weighted by atomic mass is 10.3. The van der Waals surface area contributed by atoms with Crippen LogP contribution in [0.25, 0.3) is 0 Å². The molecule has 0 aliphatic carbocycles. The minimum absolute atomic E-state index is 0.0862. The van der Waals surface area contributed by atoms with Crippen LogP contribution in [0.1, 0.15) is 5.56 Å². The normalized spacial score (nSPS) is 11.4. The third-order valence-electron chi connectivity index (χ3n) is 2.56. The van der Waals surface area contributed by atoms with E-state index in [0.29, 0.717) is 5.69 Å². The van der Waals surface area contributed by atoms with E-state index in [4.69, 9.17) is 11.5 Å². The number of aromatic nitrogens is 1. The molecular formula is C12H14N4O2S. The average molecular weight is 278 g/mol. The molecule has 0 saturated heterocycles. The van der Waals surface area contributed by atoms with Gasteiger partial charge in [-0.1, -0.05) is 6.07 Å². The van der Waals surface area contributed by atoms with Crippen LogP contribution < -0.4 is 16.2 Å². The second kappa shape index (κ2) is 5.25. The summed E-state index contributed by atoms with van der Waals surface area (Å²) < 4.78 is 26.6. The fourth-order valence-corrected chi connectivity index (χ4v) is 2.54. The van der Waals surface area contributed by atoms with Crippen molar-refractivity contribution in [2.75, 3.05) is 11.5 Å². The summed E-state index contributed by atoms with van der Waals surface area (Å²) in [5.74, 6) is 0. The molecule has 19 heavy (non-hydrogen) atoms. The third kappa shape index (κ3) is 3.21. The van der Waals surface area contributed by atoms with Crippen LogP contribution in [0.4, 0.5) is 11.4 Å². The highest BCUT2D eigenvalue weighted by molar-refractivity contribution is 7.89. The van der Waals surface area contributed by atoms with Gasteiger partial charge in [0.05, 0.1) is 16.3 Å². The van der Waals surface area contributed by atoms with Crippen LogP contribution in [0.3, 0.4) is 0 Å². The standard InChI is InChI=1S/C12H14N4O2S/c13-11-4-3-10(6-12(11)14)19(17,18)16-8-9-2-1-5-15-7-9/h1-7,16H,8,13-14H2. The van der Waals surface area contributed by atoms with E-state index in [-0.39, 0.29) is 17.1 Å². The summed E-state index contributed by atoms with van der Waals surface area (Å²) >= 11 is 0. The maximum atomic E-state index is 12.0. The summed E-state index contributed by atoms with van der Waals surface area (Å²) in [4.78, 5) is 4.00. The van der Waals surface area contributed by atoms with Gasteiger partial charge in [-0.15, -0.1) is 0 Å². The van der Waals surface area contributed by atoms with Gasteiger partial charge in [0.25, 0.3) is 0 Å². The maximum absolute atomic E-state index is 12.0. The molecular weight excluding hydrogens is 264 g/mol. The number of rotatable bonds is 4. The number of nitrogen functional groups attached to an aromatic ring is 2. The molecule has 1 aromatic carbocycles. The zero-order valence-electron chi connectivity index (χ0n) is 10.1. The van der Waals surface area contributed by atoms with Gasteiger partial charge in [-0.3, -0.25) is 4.98 Å². The van der Waals surface area contributed by atoms with E-state index in [2.05, 4.69) is 9.71 Å². The Hall–Kier alpha value is -2.12. The highest BCUT2D eigenvalue weighted by Crippen LogP contribution is 2.19. The molecule has 0 saturated carbocycles. The van der Waals surface area contributed by atoms with Crippen molar-refractivity contribution in [3.05, 3.63) is 48.3 Å². The third-order valence-corrected chi connectivity index (χ3v) is 3.96. The van der Waals surface area contributed by atoms with Crippen LogP contribution in [0.2, 0.25) is 0 Å². The van der Waals surface area contributed by atoms with Crippen LogP contribution in [-0.4, -0.2) is 13.4 Å². The molecule has 0 aliphatic rings. The van der Waals surface area contributed by atoms with Crippen LogP contribution in [0.5, 0.6) is 0 Å². The predicted molar refractivity (Wildman–Crippen MR) is 73.5 cm³/mol. The van der Waals surface area contributed by atoms with Crippen LogP contribution >= 0.6 is 0 Å². The molecule has 0 unspecified atom stereocenters. The van der Waals surface area contributed by atoms with Crippen molar-refractivity contribution in [3.63, 3.8) is 0 Å². The summed E-state index contributed by atoms with van der Waals surface area (Å²) in [6.07, 6.45) is 3.22. The Morgan fingerprint density at radius 1 is 1.16 bits per heavy atom. The molecule has 2 aromatic rings. The zero-order chi connectivity index (χ0) is 13.9. The first-order valence-corrected chi connectivity index (χ1v) is 7.01. The number of hydrogen-bond acceptors (Lipinski definition) is 5. The largest absolute Gasteiger partial charge is 0.397 e. The molecule has 0 bridgehead atoms. The van der Waals surface area contributed by atoms with Crippen LogP contribution in [0.15, 0.2) is 47.6 Å². The van der Waals surface area contributed by atoms with E-state index >= 15 is 0 Å². The van der Waals surface area contributed by atoms with Gasteiger partial charge in [-0.2, -0.15) is 0 Å². The van der Waals surface area contributed by atoms with Gasteiger partial charge < -0.3 is 11.5 Å². The Balaban J connectivity index is 2.16. The first-order valence-electron chi connectivity index (χ1n) is 5.52. The average Bonchev–Trinajstić information content (AvgIpc) is 2.41. The lowest BCUT2D eigenvalue weighted by Crippen LogP contribution is -2.23. The van der Waals surface area contributed by atoms with E-state index in [1.807, 2.05) is 0 Å². The lowest BCUT2D eigenvalue weighted by Gasteiger charge is -2.08. The number of nitrogens with two attached hydrogens (primary N) is 2.